The van der Waals surface area contributed by atoms with Gasteiger partial charge >= 0.3 is 0 Å². The van der Waals surface area contributed by atoms with Gasteiger partial charge in [0.1, 0.15) is 0 Å². The van der Waals surface area contributed by atoms with E-state index in [0.29, 0.717) is 0 Å². The van der Waals surface area contributed by atoms with E-state index in [2.05, 4.69) is 0 Å². The minimum absolute atomic E-state index is 0.231. The molecule has 1 fully saturated rings. The van der Waals surface area contributed by atoms with E-state index in [1.165, 1.54) is 7.05 Å². The fourth-order valence-corrected chi connectivity index (χ4v) is 2.68. The van der Waals surface area contributed by atoms with Crippen molar-refractivity contribution in [1.29, 1.82) is 0 Å². The van der Waals surface area contributed by atoms with E-state index in [1.807, 2.05) is 5.32 Å². The van der Waals surface area contributed by atoms with Gasteiger partial charge in [-0.3, -0.25) is 14.9 Å². The highest BCUT2D eigenvalue weighted by Crippen LogP contribution is 2.11. The molecule has 16 heavy (non-hydrogen) atoms. The zero-order valence-electron chi connectivity index (χ0n) is 9.43. The maximum atomic E-state index is 11.9. The Bertz CT molecular complexity index is 388. The van der Waals surface area contributed by atoms with Crippen LogP contribution in [0.5, 0.6) is 0 Å². The largest absolute Gasteiger partial charge is 0.294 e. The monoisotopic (exact) mass is 249 g/mol. The van der Waals surface area contributed by atoms with Crippen molar-refractivity contribution in [2.45, 2.75) is 19.9 Å². The first-order valence-electron chi connectivity index (χ1n) is 4.81. The Morgan fingerprint density at radius 1 is 1.25 bits per heavy atom. The molecule has 0 saturated carbocycles. The first kappa shape index (κ1) is 13.1. The summed E-state index contributed by atoms with van der Waals surface area (Å²) in [5.74, 6) is -1.20. The van der Waals surface area contributed by atoms with Crippen LogP contribution in [0.25, 0.3) is 0 Å². The smallest absolute Gasteiger partial charge is 0.282 e. The van der Waals surface area contributed by atoms with Crippen LogP contribution in [0.1, 0.15) is 13.8 Å². The minimum atomic E-state index is -3.74. The Hall–Kier alpha value is -0.990. The van der Waals surface area contributed by atoms with E-state index >= 15 is 0 Å². The molecule has 0 atom stereocenters. The van der Waals surface area contributed by atoms with Crippen molar-refractivity contribution in [3.8, 4) is 0 Å². The molecule has 1 aliphatic rings. The van der Waals surface area contributed by atoms with E-state index in [-0.39, 0.29) is 19.1 Å². The molecule has 0 aliphatic carbocycles. The summed E-state index contributed by atoms with van der Waals surface area (Å²) in [5, 5.41) is 2.05. The summed E-state index contributed by atoms with van der Waals surface area (Å²) in [5.41, 5.74) is 0. The molecule has 1 heterocycles. The Morgan fingerprint density at radius 2 is 1.69 bits per heavy atom. The fraction of sp³-hybridized carbons (Fsp3) is 0.750. The normalized spacial score (nSPS) is 19.3. The summed E-state index contributed by atoms with van der Waals surface area (Å²) in [6.45, 7) is 2.79. The maximum Gasteiger partial charge on any atom is 0.282 e. The highest BCUT2D eigenvalue weighted by atomic mass is 32.2. The molecular formula is C8H15N3O4S. The van der Waals surface area contributed by atoms with E-state index in [1.54, 1.807) is 13.8 Å². The van der Waals surface area contributed by atoms with Crippen LogP contribution in [-0.4, -0.2) is 55.0 Å². The molecule has 1 rings (SSSR count). The second-order valence-electron chi connectivity index (χ2n) is 3.86. The number of nitrogens with zero attached hydrogens (tertiary/aromatic N) is 2. The molecule has 0 aromatic carbocycles. The summed E-state index contributed by atoms with van der Waals surface area (Å²) in [6.07, 6.45) is 0. The molecule has 1 aliphatic heterocycles. The molecule has 1 N–H and O–H groups in total. The van der Waals surface area contributed by atoms with Crippen molar-refractivity contribution in [2.75, 3.05) is 20.1 Å². The van der Waals surface area contributed by atoms with Crippen LogP contribution in [0, 0.1) is 0 Å². The van der Waals surface area contributed by atoms with Crippen molar-refractivity contribution in [1.82, 2.24) is 13.9 Å². The number of carbonyl (C=O) groups excluding carboxylic acids is 2. The molecule has 7 nitrogen and oxygen atoms in total. The number of hydrogen-bond acceptors (Lipinski definition) is 4. The first-order valence-corrected chi connectivity index (χ1v) is 6.20. The summed E-state index contributed by atoms with van der Waals surface area (Å²) in [6, 6.07) is -0.231. The maximum absolute atomic E-state index is 11.9. The highest BCUT2D eigenvalue weighted by molar-refractivity contribution is 7.86. The number of nitrogens with one attached hydrogen (secondary N) is 1. The molecule has 92 valence electrons. The van der Waals surface area contributed by atoms with Gasteiger partial charge in [0.2, 0.25) is 11.8 Å². The molecule has 0 bridgehead atoms. The van der Waals surface area contributed by atoms with Crippen molar-refractivity contribution >= 4 is 22.0 Å². The molecule has 8 heteroatoms. The van der Waals surface area contributed by atoms with Gasteiger partial charge in [-0.2, -0.15) is 17.0 Å². The Labute approximate surface area is 94.6 Å². The van der Waals surface area contributed by atoms with Crippen molar-refractivity contribution in [2.24, 2.45) is 0 Å². The summed E-state index contributed by atoms with van der Waals surface area (Å²) in [7, 11) is -2.33. The number of piperazine rings is 1. The average molecular weight is 249 g/mol. The second kappa shape index (κ2) is 4.48. The standard InChI is InChI=1S/C8H15N3O4S/c1-6(2)10(3)16(14,15)11-4-7(12)9-8(13)5-11/h6H,4-5H2,1-3H3,(H,9,12,13). The molecule has 0 aromatic rings. The predicted molar refractivity (Wildman–Crippen MR) is 56.5 cm³/mol. The van der Waals surface area contributed by atoms with Gasteiger partial charge in [0.05, 0.1) is 13.1 Å². The van der Waals surface area contributed by atoms with E-state index in [9.17, 15) is 18.0 Å². The lowest BCUT2D eigenvalue weighted by molar-refractivity contribution is -0.134. The third kappa shape index (κ3) is 2.57. The third-order valence-corrected chi connectivity index (χ3v) is 4.40. The quantitative estimate of drug-likeness (QED) is 0.619. The van der Waals surface area contributed by atoms with Crippen LogP contribution in [0.15, 0.2) is 0 Å². The summed E-state index contributed by atoms with van der Waals surface area (Å²) >= 11 is 0. The SMILES string of the molecule is CC(C)N(C)S(=O)(=O)N1CC(=O)NC(=O)C1. The highest BCUT2D eigenvalue weighted by Gasteiger charge is 2.35. The fourth-order valence-electron chi connectivity index (χ4n) is 1.22. The average Bonchev–Trinajstić information content (AvgIpc) is 2.14. The van der Waals surface area contributed by atoms with Gasteiger partial charge in [0.15, 0.2) is 0 Å². The van der Waals surface area contributed by atoms with Crippen LogP contribution in [0.2, 0.25) is 0 Å². The van der Waals surface area contributed by atoms with Crippen molar-refractivity contribution < 1.29 is 18.0 Å². The Morgan fingerprint density at radius 3 is 2.06 bits per heavy atom. The molecule has 0 radical (unpaired) electrons. The topological polar surface area (TPSA) is 86.8 Å². The van der Waals surface area contributed by atoms with Gasteiger partial charge in [-0.25, -0.2) is 0 Å². The minimum Gasteiger partial charge on any atom is -0.294 e. The molecule has 0 spiro atoms. The van der Waals surface area contributed by atoms with Crippen LogP contribution in [-0.2, 0) is 19.8 Å². The summed E-state index contributed by atoms with van der Waals surface area (Å²) in [4.78, 5) is 22.1. The third-order valence-electron chi connectivity index (χ3n) is 2.34. The Kier molecular flexibility index (Phi) is 3.66. The van der Waals surface area contributed by atoms with Gasteiger partial charge in [-0.1, -0.05) is 0 Å². The zero-order valence-corrected chi connectivity index (χ0v) is 10.2. The van der Waals surface area contributed by atoms with E-state index in [0.717, 1.165) is 8.61 Å². The van der Waals surface area contributed by atoms with Crippen LogP contribution >= 0.6 is 0 Å². The van der Waals surface area contributed by atoms with E-state index < -0.39 is 22.0 Å². The van der Waals surface area contributed by atoms with Gasteiger partial charge in [0.25, 0.3) is 10.2 Å². The number of hydrogen-bond donors (Lipinski definition) is 1. The van der Waals surface area contributed by atoms with Gasteiger partial charge < -0.3 is 0 Å². The number of rotatable bonds is 3. The van der Waals surface area contributed by atoms with Crippen molar-refractivity contribution in [3.05, 3.63) is 0 Å². The lowest BCUT2D eigenvalue weighted by atomic mass is 10.4. The lowest BCUT2D eigenvalue weighted by Gasteiger charge is -2.30. The van der Waals surface area contributed by atoms with Gasteiger partial charge in [0, 0.05) is 13.1 Å². The second-order valence-corrected chi connectivity index (χ2v) is 5.85. The lowest BCUT2D eigenvalue weighted by Crippen LogP contribution is -2.56. The van der Waals surface area contributed by atoms with Crippen LogP contribution < -0.4 is 5.32 Å². The summed E-state index contributed by atoms with van der Waals surface area (Å²) < 4.78 is 25.9. The number of imide groups is 1. The van der Waals surface area contributed by atoms with Crippen molar-refractivity contribution in [3.63, 3.8) is 0 Å². The molecule has 0 aromatic heterocycles. The van der Waals surface area contributed by atoms with E-state index in [4.69, 9.17) is 0 Å². The predicted octanol–water partition coefficient (Wildman–Crippen LogP) is -1.47. The van der Waals surface area contributed by atoms with Gasteiger partial charge in [-0.15, -0.1) is 0 Å². The number of carbonyl (C=O) groups is 2. The molecule has 1 saturated heterocycles. The van der Waals surface area contributed by atoms with Crippen LogP contribution in [0.3, 0.4) is 0 Å². The molecule has 0 unspecified atom stereocenters. The van der Waals surface area contributed by atoms with Gasteiger partial charge in [-0.05, 0) is 13.8 Å². The Balaban J connectivity index is 2.91. The van der Waals surface area contributed by atoms with Crippen LogP contribution in [0.4, 0.5) is 0 Å². The molecule has 2 amide bonds. The zero-order chi connectivity index (χ0) is 12.5. The molecular weight excluding hydrogens is 234 g/mol. The number of amides is 2. The first-order chi connectivity index (χ1) is 7.25.